The maximum absolute atomic E-state index is 13.0. The molecule has 0 radical (unpaired) electrons. The van der Waals surface area contributed by atoms with E-state index >= 15 is 0 Å². The molecule has 4 rings (SSSR count). The first-order valence-corrected chi connectivity index (χ1v) is 12.1. The molecule has 1 aromatic heterocycles. The van der Waals surface area contributed by atoms with E-state index in [1.165, 1.54) is 42.6 Å². The van der Waals surface area contributed by atoms with Gasteiger partial charge in [-0.15, -0.1) is 0 Å². The van der Waals surface area contributed by atoms with Crippen molar-refractivity contribution in [3.05, 3.63) is 83.8 Å². The van der Waals surface area contributed by atoms with Crippen LogP contribution in [0, 0.1) is 0 Å². The van der Waals surface area contributed by atoms with Crippen LogP contribution in [0.1, 0.15) is 34.1 Å². The highest BCUT2D eigenvalue weighted by Crippen LogP contribution is 2.33. The monoisotopic (exact) mass is 497 g/mol. The number of hydrogen-bond acceptors (Lipinski definition) is 8. The molecule has 182 valence electrons. The third-order valence-corrected chi connectivity index (χ3v) is 6.85. The van der Waals surface area contributed by atoms with Crippen LogP contribution in [0.15, 0.2) is 81.3 Å². The molecule has 11 heteroatoms. The molecule has 3 aromatic rings. The van der Waals surface area contributed by atoms with Crippen molar-refractivity contribution in [3.8, 4) is 5.75 Å². The van der Waals surface area contributed by atoms with Crippen molar-refractivity contribution < 1.29 is 31.9 Å². The molecule has 0 aliphatic carbocycles. The second kappa shape index (κ2) is 10.1. The lowest BCUT2D eigenvalue weighted by Gasteiger charge is -2.19. The third kappa shape index (κ3) is 5.26. The fraction of sp³-hybridized carbons (Fsp3) is 0.208. The van der Waals surface area contributed by atoms with Gasteiger partial charge in [-0.3, -0.25) is 4.79 Å². The molecular weight excluding hydrogens is 474 g/mol. The lowest BCUT2D eigenvalue weighted by molar-refractivity contribution is -0.136. The Balaban J connectivity index is 1.50. The van der Waals surface area contributed by atoms with Gasteiger partial charge in [-0.2, -0.15) is 5.10 Å². The van der Waals surface area contributed by atoms with E-state index in [0.29, 0.717) is 23.6 Å². The lowest BCUT2D eigenvalue weighted by Crippen LogP contribution is -2.31. The first-order valence-electron chi connectivity index (χ1n) is 10.6. The summed E-state index contributed by atoms with van der Waals surface area (Å²) in [5, 5.41) is 5.72. The molecule has 2 aromatic carbocycles. The Morgan fingerprint density at radius 1 is 1.14 bits per heavy atom. The Bertz CT molecular complexity index is 1350. The van der Waals surface area contributed by atoms with Gasteiger partial charge in [0.1, 0.15) is 17.6 Å². The van der Waals surface area contributed by atoms with Crippen LogP contribution in [0.5, 0.6) is 5.75 Å². The van der Waals surface area contributed by atoms with E-state index < -0.39 is 34.5 Å². The van der Waals surface area contributed by atoms with Crippen LogP contribution in [0.4, 0.5) is 0 Å². The fourth-order valence-corrected chi connectivity index (χ4v) is 4.36. The maximum atomic E-state index is 13.0. The lowest BCUT2D eigenvalue weighted by atomic mass is 10.0. The van der Waals surface area contributed by atoms with Gasteiger partial charge in [-0.25, -0.2) is 22.9 Å². The minimum atomic E-state index is -3.74. The number of nitrogens with one attached hydrogen (secondary N) is 1. The van der Waals surface area contributed by atoms with E-state index in [9.17, 15) is 18.0 Å². The van der Waals surface area contributed by atoms with E-state index in [2.05, 4.69) is 9.82 Å². The molecule has 1 unspecified atom stereocenters. The predicted molar refractivity (Wildman–Crippen MR) is 125 cm³/mol. The number of benzene rings is 2. The number of carbonyl (C=O) groups excluding carboxylic acids is 2. The van der Waals surface area contributed by atoms with Crippen molar-refractivity contribution in [1.29, 1.82) is 0 Å². The summed E-state index contributed by atoms with van der Waals surface area (Å²) in [7, 11) is -0.892. The van der Waals surface area contributed by atoms with Gasteiger partial charge in [-0.05, 0) is 67.2 Å². The number of sulfonamides is 1. The zero-order valence-electron chi connectivity index (χ0n) is 19.0. The predicted octanol–water partition coefficient (Wildman–Crippen LogP) is 2.73. The number of rotatable bonds is 8. The molecule has 1 aliphatic heterocycles. The van der Waals surface area contributed by atoms with Gasteiger partial charge < -0.3 is 13.9 Å². The van der Waals surface area contributed by atoms with Gasteiger partial charge in [0.05, 0.1) is 29.5 Å². The molecule has 0 fully saturated rings. The molecule has 10 nitrogen and oxygen atoms in total. The molecule has 0 spiro atoms. The summed E-state index contributed by atoms with van der Waals surface area (Å²) in [5.74, 6) is -0.148. The van der Waals surface area contributed by atoms with E-state index in [-0.39, 0.29) is 10.5 Å². The van der Waals surface area contributed by atoms with Crippen molar-refractivity contribution in [2.24, 2.45) is 5.10 Å². The van der Waals surface area contributed by atoms with Gasteiger partial charge in [0.15, 0.2) is 6.61 Å². The van der Waals surface area contributed by atoms with Gasteiger partial charge in [0, 0.05) is 6.42 Å². The minimum Gasteiger partial charge on any atom is -0.497 e. The molecule has 35 heavy (non-hydrogen) atoms. The molecule has 0 bridgehead atoms. The summed E-state index contributed by atoms with van der Waals surface area (Å²) in [6, 6.07) is 15.6. The second-order valence-corrected chi connectivity index (χ2v) is 9.45. The number of carbonyl (C=O) groups is 2. The van der Waals surface area contributed by atoms with Crippen molar-refractivity contribution >= 4 is 27.6 Å². The van der Waals surface area contributed by atoms with Gasteiger partial charge in [0.2, 0.25) is 10.0 Å². The smallest absolute Gasteiger partial charge is 0.338 e. The first kappa shape index (κ1) is 24.2. The molecule has 0 saturated heterocycles. The summed E-state index contributed by atoms with van der Waals surface area (Å²) < 4.78 is 42.0. The van der Waals surface area contributed by atoms with Crippen molar-refractivity contribution in [2.45, 2.75) is 17.4 Å². The van der Waals surface area contributed by atoms with Gasteiger partial charge in [-0.1, -0.05) is 6.07 Å². The largest absolute Gasteiger partial charge is 0.497 e. The second-order valence-electron chi connectivity index (χ2n) is 7.56. The standard InChI is InChI=1S/C24H23N3O7S/c1-25-35(30,31)19-6-3-5-17(13-19)24(29)34-15-23(28)27-21(22-7-4-12-33-22)14-20(26-27)16-8-10-18(32-2)11-9-16/h3-13,21,25H,14-15H2,1-2H3. The van der Waals surface area contributed by atoms with Crippen LogP contribution in [0.3, 0.4) is 0 Å². The number of methoxy groups -OCH3 is 1. The third-order valence-electron chi connectivity index (χ3n) is 5.44. The van der Waals surface area contributed by atoms with Crippen LogP contribution in [0.25, 0.3) is 0 Å². The highest BCUT2D eigenvalue weighted by molar-refractivity contribution is 7.89. The summed E-state index contributed by atoms with van der Waals surface area (Å²) in [6.07, 6.45) is 1.92. The number of ether oxygens (including phenoxy) is 2. The Hall–Kier alpha value is -3.96. The van der Waals surface area contributed by atoms with Crippen LogP contribution in [0.2, 0.25) is 0 Å². The summed E-state index contributed by atoms with van der Waals surface area (Å²) in [4.78, 5) is 25.4. The number of nitrogens with zero attached hydrogens (tertiary/aromatic N) is 2. The average Bonchev–Trinajstić information content (AvgIpc) is 3.57. The van der Waals surface area contributed by atoms with Crippen molar-refractivity contribution in [2.75, 3.05) is 20.8 Å². The summed E-state index contributed by atoms with van der Waals surface area (Å²) >= 11 is 0. The van der Waals surface area contributed by atoms with Crippen molar-refractivity contribution in [3.63, 3.8) is 0 Å². The first-order chi connectivity index (χ1) is 16.8. The van der Waals surface area contributed by atoms with Crippen LogP contribution >= 0.6 is 0 Å². The van der Waals surface area contributed by atoms with E-state index in [1.807, 2.05) is 12.1 Å². The summed E-state index contributed by atoms with van der Waals surface area (Å²) in [5.41, 5.74) is 1.48. The van der Waals surface area contributed by atoms with E-state index in [1.54, 1.807) is 31.4 Å². The Labute approximate surface area is 202 Å². The normalized spacial score (nSPS) is 15.5. The molecule has 1 aliphatic rings. The topological polar surface area (TPSA) is 128 Å². The van der Waals surface area contributed by atoms with Crippen molar-refractivity contribution in [1.82, 2.24) is 9.73 Å². The number of amides is 1. The average molecular weight is 498 g/mol. The quantitative estimate of drug-likeness (QED) is 0.474. The number of furan rings is 1. The number of hydrazone groups is 1. The fourth-order valence-electron chi connectivity index (χ4n) is 3.59. The molecule has 1 N–H and O–H groups in total. The highest BCUT2D eigenvalue weighted by atomic mass is 32.2. The van der Waals surface area contributed by atoms with Gasteiger partial charge in [0.25, 0.3) is 5.91 Å². The highest BCUT2D eigenvalue weighted by Gasteiger charge is 2.35. The number of hydrogen-bond donors (Lipinski definition) is 1. The van der Waals surface area contributed by atoms with Crippen LogP contribution in [-0.2, 0) is 19.6 Å². The van der Waals surface area contributed by atoms with E-state index in [4.69, 9.17) is 13.9 Å². The van der Waals surface area contributed by atoms with Gasteiger partial charge >= 0.3 is 5.97 Å². The Kier molecular flexibility index (Phi) is 6.99. The summed E-state index contributed by atoms with van der Waals surface area (Å²) in [6.45, 7) is -0.585. The molecule has 2 heterocycles. The molecule has 1 amide bonds. The molecular formula is C24H23N3O7S. The minimum absolute atomic E-state index is 0.000514. The Morgan fingerprint density at radius 2 is 1.91 bits per heavy atom. The zero-order chi connectivity index (χ0) is 25.0. The molecule has 0 saturated carbocycles. The van der Waals surface area contributed by atoms with E-state index in [0.717, 1.165) is 5.56 Å². The zero-order valence-corrected chi connectivity index (χ0v) is 19.8. The Morgan fingerprint density at radius 3 is 2.57 bits per heavy atom. The molecule has 1 atom stereocenters. The maximum Gasteiger partial charge on any atom is 0.338 e. The number of esters is 1. The van der Waals surface area contributed by atoms with Crippen LogP contribution < -0.4 is 9.46 Å². The SMILES string of the molecule is CNS(=O)(=O)c1cccc(C(=O)OCC(=O)N2N=C(c3ccc(OC)cc3)CC2c2ccco2)c1. The van der Waals surface area contributed by atoms with Crippen LogP contribution in [-0.4, -0.2) is 51.8 Å².